The molecule has 148 valence electrons. The fourth-order valence-corrected chi connectivity index (χ4v) is 5.16. The first kappa shape index (κ1) is 18.8. The molecule has 0 N–H and O–H groups in total. The second-order valence-corrected chi connectivity index (χ2v) is 9.97. The summed E-state index contributed by atoms with van der Waals surface area (Å²) < 4.78 is 5.81. The molecular weight excluding hydrogens is 336 g/mol. The average Bonchev–Trinajstić information content (AvgIpc) is 2.95. The highest BCUT2D eigenvalue weighted by Crippen LogP contribution is 2.57. The number of nitrogens with zero attached hydrogens (tertiary/aromatic N) is 2. The molecule has 1 aliphatic heterocycles. The third-order valence-corrected chi connectivity index (χ3v) is 6.64. The number of hydrogen-bond acceptors (Lipinski definition) is 3. The Balaban J connectivity index is 1.41. The highest BCUT2D eigenvalue weighted by Gasteiger charge is 2.53. The van der Waals surface area contributed by atoms with Gasteiger partial charge in [0.25, 0.3) is 0 Å². The molecule has 4 rings (SSSR count). The molecule has 1 amide bonds. The Labute approximate surface area is 163 Å². The summed E-state index contributed by atoms with van der Waals surface area (Å²) in [6, 6.07) is 11.3. The first-order chi connectivity index (χ1) is 12.8. The van der Waals surface area contributed by atoms with Gasteiger partial charge in [-0.1, -0.05) is 36.8 Å². The van der Waals surface area contributed by atoms with Crippen LogP contribution < -0.4 is 0 Å². The topological polar surface area (TPSA) is 32.8 Å². The van der Waals surface area contributed by atoms with Crippen LogP contribution in [0.2, 0.25) is 0 Å². The maximum atomic E-state index is 13.0. The lowest BCUT2D eigenvalue weighted by Gasteiger charge is -2.57. The zero-order chi connectivity index (χ0) is 19.1. The van der Waals surface area contributed by atoms with Gasteiger partial charge < -0.3 is 9.64 Å². The molecule has 0 aromatic heterocycles. The van der Waals surface area contributed by atoms with Crippen molar-refractivity contribution in [3.63, 3.8) is 0 Å². The number of ether oxygens (including phenoxy) is 1. The first-order valence-electron chi connectivity index (χ1n) is 10.6. The monoisotopic (exact) mass is 370 g/mol. The van der Waals surface area contributed by atoms with Crippen LogP contribution in [0.4, 0.5) is 4.79 Å². The largest absolute Gasteiger partial charge is 0.444 e. The van der Waals surface area contributed by atoms with Crippen LogP contribution >= 0.6 is 0 Å². The molecule has 1 atom stereocenters. The smallest absolute Gasteiger partial charge is 0.410 e. The van der Waals surface area contributed by atoms with E-state index < -0.39 is 5.60 Å². The summed E-state index contributed by atoms with van der Waals surface area (Å²) in [5.41, 5.74) is 1.47. The second kappa shape index (κ2) is 7.12. The summed E-state index contributed by atoms with van der Waals surface area (Å²) in [5, 5.41) is 0. The highest BCUT2D eigenvalue weighted by atomic mass is 16.6. The number of benzene rings is 1. The van der Waals surface area contributed by atoms with Crippen LogP contribution in [-0.2, 0) is 11.3 Å². The van der Waals surface area contributed by atoms with E-state index in [-0.39, 0.29) is 12.1 Å². The number of carbonyl (C=O) groups excluding carboxylic acids is 1. The predicted molar refractivity (Wildman–Crippen MR) is 108 cm³/mol. The molecule has 4 nitrogen and oxygen atoms in total. The quantitative estimate of drug-likeness (QED) is 0.761. The fraction of sp³-hybridized carbons (Fsp3) is 0.696. The van der Waals surface area contributed by atoms with E-state index >= 15 is 0 Å². The lowest BCUT2D eigenvalue weighted by atomic mass is 9.53. The van der Waals surface area contributed by atoms with Crippen molar-refractivity contribution < 1.29 is 9.53 Å². The lowest BCUT2D eigenvalue weighted by Crippen LogP contribution is -2.59. The number of carbonyl (C=O) groups is 1. The lowest BCUT2D eigenvalue weighted by molar-refractivity contribution is -0.0725. The van der Waals surface area contributed by atoms with Crippen LogP contribution in [0.15, 0.2) is 30.3 Å². The molecule has 1 spiro atoms. The number of likely N-dealkylation sites (tertiary alicyclic amines) is 1. The molecular formula is C23H34N2O2. The van der Waals surface area contributed by atoms with Gasteiger partial charge in [0, 0.05) is 31.7 Å². The van der Waals surface area contributed by atoms with Gasteiger partial charge in [-0.3, -0.25) is 4.90 Å². The van der Waals surface area contributed by atoms with Crippen LogP contribution in [0.3, 0.4) is 0 Å². The van der Waals surface area contributed by atoms with E-state index in [2.05, 4.69) is 40.1 Å². The van der Waals surface area contributed by atoms with E-state index in [0.717, 1.165) is 26.1 Å². The molecule has 0 bridgehead atoms. The Kier molecular flexibility index (Phi) is 4.96. The fourth-order valence-electron chi connectivity index (χ4n) is 5.16. The maximum Gasteiger partial charge on any atom is 0.410 e. The average molecular weight is 371 g/mol. The second-order valence-electron chi connectivity index (χ2n) is 9.97. The highest BCUT2D eigenvalue weighted by molar-refractivity contribution is 5.69. The van der Waals surface area contributed by atoms with Gasteiger partial charge >= 0.3 is 6.09 Å². The Bertz CT molecular complexity index is 655. The van der Waals surface area contributed by atoms with Crippen LogP contribution in [-0.4, -0.2) is 46.7 Å². The van der Waals surface area contributed by atoms with Gasteiger partial charge in [0.2, 0.25) is 0 Å². The minimum Gasteiger partial charge on any atom is -0.444 e. The third-order valence-electron chi connectivity index (χ3n) is 6.64. The standard InChI is InChI=1S/C23H34N2O2/c1-22(2,3)27-21(26)25(20-14-23(15-20)11-7-12-23)19-10-13-24(17-19)16-18-8-5-4-6-9-18/h4-6,8-9,19-20H,7,10-17H2,1-3H3. The number of amides is 1. The van der Waals surface area contributed by atoms with Gasteiger partial charge in [0.1, 0.15) is 5.60 Å². The minimum absolute atomic E-state index is 0.103. The molecule has 3 aliphatic rings. The Morgan fingerprint density at radius 3 is 2.48 bits per heavy atom. The zero-order valence-electron chi connectivity index (χ0n) is 17.1. The van der Waals surface area contributed by atoms with E-state index in [1.165, 1.54) is 37.7 Å². The summed E-state index contributed by atoms with van der Waals surface area (Å²) in [6.07, 6.45) is 7.40. The van der Waals surface area contributed by atoms with Gasteiger partial charge in [-0.25, -0.2) is 4.79 Å². The van der Waals surface area contributed by atoms with Gasteiger partial charge in [-0.2, -0.15) is 0 Å². The van der Waals surface area contributed by atoms with Crippen LogP contribution in [0, 0.1) is 5.41 Å². The molecule has 1 aromatic rings. The van der Waals surface area contributed by atoms with Crippen LogP contribution in [0.25, 0.3) is 0 Å². The molecule has 0 radical (unpaired) electrons. The summed E-state index contributed by atoms with van der Waals surface area (Å²) in [6.45, 7) is 8.87. The van der Waals surface area contributed by atoms with Crippen LogP contribution in [0.5, 0.6) is 0 Å². The molecule has 3 fully saturated rings. The SMILES string of the molecule is CC(C)(C)OC(=O)N(C1CCN(Cc2ccccc2)C1)C1CC2(CCC2)C1. The van der Waals surface area contributed by atoms with Crippen molar-refractivity contribution in [3.05, 3.63) is 35.9 Å². The Hall–Kier alpha value is -1.55. The molecule has 2 saturated carbocycles. The minimum atomic E-state index is -0.435. The van der Waals surface area contributed by atoms with E-state index in [1.54, 1.807) is 0 Å². The number of hydrogen-bond donors (Lipinski definition) is 0. The van der Waals surface area contributed by atoms with Gasteiger partial charge in [0.15, 0.2) is 0 Å². The maximum absolute atomic E-state index is 13.0. The van der Waals surface area contributed by atoms with Gasteiger partial charge in [-0.15, -0.1) is 0 Å². The third kappa shape index (κ3) is 4.16. The van der Waals surface area contributed by atoms with Crippen molar-refractivity contribution in [2.45, 2.75) is 83.5 Å². The molecule has 27 heavy (non-hydrogen) atoms. The van der Waals surface area contributed by atoms with Gasteiger partial charge in [-0.05, 0) is 63.9 Å². The van der Waals surface area contributed by atoms with E-state index in [4.69, 9.17) is 4.74 Å². The molecule has 1 aromatic carbocycles. The van der Waals surface area contributed by atoms with Crippen molar-refractivity contribution in [3.8, 4) is 0 Å². The summed E-state index contributed by atoms with van der Waals surface area (Å²) >= 11 is 0. The van der Waals surface area contributed by atoms with Crippen molar-refractivity contribution >= 4 is 6.09 Å². The summed E-state index contributed by atoms with van der Waals surface area (Å²) in [4.78, 5) is 17.7. The van der Waals surface area contributed by atoms with Crippen molar-refractivity contribution in [1.82, 2.24) is 9.80 Å². The molecule has 4 heteroatoms. The Morgan fingerprint density at radius 1 is 1.19 bits per heavy atom. The Morgan fingerprint density at radius 2 is 1.89 bits per heavy atom. The van der Waals surface area contributed by atoms with Crippen molar-refractivity contribution in [2.75, 3.05) is 13.1 Å². The van der Waals surface area contributed by atoms with E-state index in [9.17, 15) is 4.79 Å². The zero-order valence-corrected chi connectivity index (χ0v) is 17.1. The van der Waals surface area contributed by atoms with Crippen LogP contribution in [0.1, 0.15) is 64.9 Å². The van der Waals surface area contributed by atoms with E-state index in [0.29, 0.717) is 11.5 Å². The van der Waals surface area contributed by atoms with Gasteiger partial charge in [0.05, 0.1) is 0 Å². The molecule has 1 heterocycles. The first-order valence-corrected chi connectivity index (χ1v) is 10.6. The predicted octanol–water partition coefficient (Wildman–Crippen LogP) is 4.83. The molecule has 1 saturated heterocycles. The molecule has 1 unspecified atom stereocenters. The summed E-state index contributed by atoms with van der Waals surface area (Å²) in [7, 11) is 0. The molecule has 2 aliphatic carbocycles. The summed E-state index contributed by atoms with van der Waals surface area (Å²) in [5.74, 6) is 0. The normalized spacial score (nSPS) is 25.1. The van der Waals surface area contributed by atoms with E-state index in [1.807, 2.05) is 20.8 Å². The van der Waals surface area contributed by atoms with Crippen molar-refractivity contribution in [2.24, 2.45) is 5.41 Å². The van der Waals surface area contributed by atoms with Crippen molar-refractivity contribution in [1.29, 1.82) is 0 Å². The number of rotatable bonds is 4.